The first-order valence-electron chi connectivity index (χ1n) is 7.62. The van der Waals surface area contributed by atoms with E-state index < -0.39 is 0 Å². The van der Waals surface area contributed by atoms with E-state index in [4.69, 9.17) is 5.73 Å². The van der Waals surface area contributed by atoms with Gasteiger partial charge >= 0.3 is 0 Å². The summed E-state index contributed by atoms with van der Waals surface area (Å²) in [6.45, 7) is 8.18. The quantitative estimate of drug-likeness (QED) is 0.896. The lowest BCUT2D eigenvalue weighted by atomic mass is 9.80. The van der Waals surface area contributed by atoms with Crippen LogP contribution in [0.5, 0.6) is 0 Å². The maximum absolute atomic E-state index is 6.50. The molecule has 1 unspecified atom stereocenters. The van der Waals surface area contributed by atoms with E-state index in [0.29, 0.717) is 0 Å². The molecule has 0 saturated carbocycles. The van der Waals surface area contributed by atoms with E-state index in [2.05, 4.69) is 49.1 Å². The molecule has 1 aromatic rings. The van der Waals surface area contributed by atoms with Crippen LogP contribution in [0.2, 0.25) is 0 Å². The summed E-state index contributed by atoms with van der Waals surface area (Å²) in [6, 6.07) is 10.6. The zero-order valence-corrected chi connectivity index (χ0v) is 12.4. The molecule has 1 aliphatic rings. The van der Waals surface area contributed by atoms with Crippen LogP contribution in [-0.2, 0) is 0 Å². The van der Waals surface area contributed by atoms with Crippen LogP contribution in [0, 0.1) is 5.41 Å². The van der Waals surface area contributed by atoms with Crippen LogP contribution < -0.4 is 5.73 Å². The van der Waals surface area contributed by atoms with Gasteiger partial charge in [-0.3, -0.25) is 0 Å². The molecule has 0 radical (unpaired) electrons. The van der Waals surface area contributed by atoms with Gasteiger partial charge in [0.25, 0.3) is 0 Å². The minimum Gasteiger partial charge on any atom is -0.323 e. The Labute approximate surface area is 118 Å². The van der Waals surface area contributed by atoms with Gasteiger partial charge < -0.3 is 10.6 Å². The van der Waals surface area contributed by atoms with Crippen molar-refractivity contribution >= 4 is 0 Å². The summed E-state index contributed by atoms with van der Waals surface area (Å²) < 4.78 is 0. The first-order valence-corrected chi connectivity index (χ1v) is 7.62. The molecule has 1 atom stereocenters. The summed E-state index contributed by atoms with van der Waals surface area (Å²) in [5.74, 6) is 0. The first kappa shape index (κ1) is 14.5. The molecule has 1 saturated heterocycles. The van der Waals surface area contributed by atoms with Gasteiger partial charge in [-0.1, -0.05) is 57.0 Å². The molecule has 2 nitrogen and oxygen atoms in total. The Bertz CT molecular complexity index is 364. The van der Waals surface area contributed by atoms with Crippen LogP contribution in [0.3, 0.4) is 0 Å². The standard InChI is InChI=1S/C17H28N2/c1-17(2,14-19-12-8-3-4-9-13-19)16(18)15-10-6-5-7-11-15/h5-7,10-11,16H,3-4,8-9,12-14,18H2,1-2H3. The van der Waals surface area contributed by atoms with Gasteiger partial charge in [0.15, 0.2) is 0 Å². The van der Waals surface area contributed by atoms with Crippen molar-refractivity contribution in [3.05, 3.63) is 35.9 Å². The highest BCUT2D eigenvalue weighted by molar-refractivity contribution is 5.20. The largest absolute Gasteiger partial charge is 0.323 e. The Balaban J connectivity index is 2.00. The van der Waals surface area contributed by atoms with Gasteiger partial charge in [-0.25, -0.2) is 0 Å². The van der Waals surface area contributed by atoms with Crippen LogP contribution in [0.1, 0.15) is 51.1 Å². The van der Waals surface area contributed by atoms with Crippen molar-refractivity contribution in [1.82, 2.24) is 4.90 Å². The lowest BCUT2D eigenvalue weighted by molar-refractivity contribution is 0.156. The number of likely N-dealkylation sites (tertiary alicyclic amines) is 1. The lowest BCUT2D eigenvalue weighted by Crippen LogP contribution is -2.41. The molecule has 1 aliphatic heterocycles. The average Bonchev–Trinajstić information content (AvgIpc) is 2.67. The van der Waals surface area contributed by atoms with E-state index in [-0.39, 0.29) is 11.5 Å². The molecule has 0 aromatic heterocycles. The molecule has 0 aliphatic carbocycles. The molecule has 1 heterocycles. The number of nitrogens with two attached hydrogens (primary N) is 1. The van der Waals surface area contributed by atoms with E-state index >= 15 is 0 Å². The highest BCUT2D eigenvalue weighted by Crippen LogP contribution is 2.32. The third kappa shape index (κ3) is 4.05. The summed E-state index contributed by atoms with van der Waals surface area (Å²) in [5, 5.41) is 0. The van der Waals surface area contributed by atoms with Crippen LogP contribution in [-0.4, -0.2) is 24.5 Å². The number of hydrogen-bond donors (Lipinski definition) is 1. The summed E-state index contributed by atoms with van der Waals surface area (Å²) >= 11 is 0. The first-order chi connectivity index (χ1) is 9.09. The molecule has 2 N–H and O–H groups in total. The second kappa shape index (κ2) is 6.53. The highest BCUT2D eigenvalue weighted by atomic mass is 15.1. The van der Waals surface area contributed by atoms with Gasteiger partial charge in [0.05, 0.1) is 0 Å². The molecule has 0 spiro atoms. The Morgan fingerprint density at radius 1 is 1.05 bits per heavy atom. The zero-order chi connectivity index (χ0) is 13.7. The number of hydrogen-bond acceptors (Lipinski definition) is 2. The fourth-order valence-corrected chi connectivity index (χ4v) is 3.08. The van der Waals surface area contributed by atoms with Crippen molar-refractivity contribution in [3.63, 3.8) is 0 Å². The smallest absolute Gasteiger partial charge is 0.0359 e. The molecular weight excluding hydrogens is 232 g/mol. The minimum absolute atomic E-state index is 0.108. The molecule has 2 heteroatoms. The molecule has 19 heavy (non-hydrogen) atoms. The third-order valence-corrected chi connectivity index (χ3v) is 4.33. The number of benzene rings is 1. The predicted molar refractivity (Wildman–Crippen MR) is 82.1 cm³/mol. The minimum atomic E-state index is 0.108. The molecular formula is C17H28N2. The maximum atomic E-state index is 6.50. The average molecular weight is 260 g/mol. The van der Waals surface area contributed by atoms with Gasteiger partial charge in [0, 0.05) is 12.6 Å². The van der Waals surface area contributed by atoms with Crippen molar-refractivity contribution in [2.45, 2.75) is 45.6 Å². The molecule has 106 valence electrons. The topological polar surface area (TPSA) is 29.3 Å². The normalized spacial score (nSPS) is 19.9. The second-order valence-electron chi connectivity index (χ2n) is 6.57. The Hall–Kier alpha value is -0.860. The monoisotopic (exact) mass is 260 g/mol. The van der Waals surface area contributed by atoms with Crippen molar-refractivity contribution in [1.29, 1.82) is 0 Å². The van der Waals surface area contributed by atoms with Gasteiger partial charge in [-0.15, -0.1) is 0 Å². The predicted octanol–water partition coefficient (Wildman–Crippen LogP) is 3.59. The van der Waals surface area contributed by atoms with E-state index in [1.54, 1.807) is 0 Å². The number of rotatable bonds is 4. The van der Waals surface area contributed by atoms with E-state index in [1.807, 2.05) is 0 Å². The van der Waals surface area contributed by atoms with E-state index in [1.165, 1.54) is 44.3 Å². The molecule has 0 bridgehead atoms. The van der Waals surface area contributed by atoms with Crippen LogP contribution >= 0.6 is 0 Å². The number of nitrogens with zero attached hydrogens (tertiary/aromatic N) is 1. The molecule has 0 amide bonds. The van der Waals surface area contributed by atoms with Crippen LogP contribution in [0.15, 0.2) is 30.3 Å². The molecule has 1 aromatic carbocycles. The Morgan fingerprint density at radius 3 is 2.21 bits per heavy atom. The summed E-state index contributed by atoms with van der Waals surface area (Å²) in [5.41, 5.74) is 7.87. The second-order valence-corrected chi connectivity index (χ2v) is 6.57. The molecule has 1 fully saturated rings. The van der Waals surface area contributed by atoms with Crippen LogP contribution in [0.4, 0.5) is 0 Å². The highest BCUT2D eigenvalue weighted by Gasteiger charge is 2.30. The summed E-state index contributed by atoms with van der Waals surface area (Å²) in [6.07, 6.45) is 5.47. The Morgan fingerprint density at radius 2 is 1.63 bits per heavy atom. The third-order valence-electron chi connectivity index (χ3n) is 4.33. The van der Waals surface area contributed by atoms with Gasteiger partial charge in [-0.05, 0) is 36.9 Å². The fraction of sp³-hybridized carbons (Fsp3) is 0.647. The SMILES string of the molecule is CC(C)(CN1CCCCCC1)C(N)c1ccccc1. The zero-order valence-electron chi connectivity index (χ0n) is 12.4. The van der Waals surface area contributed by atoms with E-state index in [0.717, 1.165) is 6.54 Å². The summed E-state index contributed by atoms with van der Waals surface area (Å²) in [4.78, 5) is 2.61. The van der Waals surface area contributed by atoms with Crippen molar-refractivity contribution in [2.75, 3.05) is 19.6 Å². The summed E-state index contributed by atoms with van der Waals surface area (Å²) in [7, 11) is 0. The Kier molecular flexibility index (Phi) is 5.00. The van der Waals surface area contributed by atoms with Crippen LogP contribution in [0.25, 0.3) is 0 Å². The molecule has 2 rings (SSSR count). The lowest BCUT2D eigenvalue weighted by Gasteiger charge is -2.37. The van der Waals surface area contributed by atoms with Gasteiger partial charge in [0.2, 0.25) is 0 Å². The van der Waals surface area contributed by atoms with E-state index in [9.17, 15) is 0 Å². The van der Waals surface area contributed by atoms with Gasteiger partial charge in [-0.2, -0.15) is 0 Å². The van der Waals surface area contributed by atoms with Crippen molar-refractivity contribution in [3.8, 4) is 0 Å². The van der Waals surface area contributed by atoms with Crippen molar-refractivity contribution in [2.24, 2.45) is 11.1 Å². The van der Waals surface area contributed by atoms with Crippen molar-refractivity contribution < 1.29 is 0 Å². The van der Waals surface area contributed by atoms with Gasteiger partial charge in [0.1, 0.15) is 0 Å². The fourth-order valence-electron chi connectivity index (χ4n) is 3.08. The maximum Gasteiger partial charge on any atom is 0.0359 e.